The van der Waals surface area contributed by atoms with E-state index in [0.717, 1.165) is 31.5 Å². The molecule has 2 N–H and O–H groups in total. The van der Waals surface area contributed by atoms with E-state index in [2.05, 4.69) is 16.9 Å². The third kappa shape index (κ3) is 2.88. The fourth-order valence-electron chi connectivity index (χ4n) is 3.83. The number of nitrogens with zero attached hydrogens (tertiary/aromatic N) is 3. The molecule has 21 heavy (non-hydrogen) atoms. The second kappa shape index (κ2) is 5.64. The van der Waals surface area contributed by atoms with Crippen LogP contribution in [0.4, 0.5) is 5.82 Å². The molecule has 114 valence electrons. The highest BCUT2D eigenvalue weighted by Crippen LogP contribution is 2.40. The molecule has 0 spiro atoms. The van der Waals surface area contributed by atoms with Gasteiger partial charge in [-0.2, -0.15) is 0 Å². The number of nitrogens with two attached hydrogens (primary N) is 1. The van der Waals surface area contributed by atoms with Crippen molar-refractivity contribution in [1.29, 1.82) is 0 Å². The minimum atomic E-state index is 0.302. The number of anilines is 1. The van der Waals surface area contributed by atoms with E-state index in [4.69, 9.17) is 5.73 Å². The van der Waals surface area contributed by atoms with Gasteiger partial charge in [0.1, 0.15) is 5.82 Å². The summed E-state index contributed by atoms with van der Waals surface area (Å²) < 4.78 is 0. The largest absolute Gasteiger partial charge is 0.383 e. The van der Waals surface area contributed by atoms with Crippen molar-refractivity contribution in [1.82, 2.24) is 14.8 Å². The lowest BCUT2D eigenvalue weighted by Gasteiger charge is -2.31. The van der Waals surface area contributed by atoms with Crippen LogP contribution in [0.5, 0.6) is 0 Å². The molecule has 3 rings (SSSR count). The molecule has 5 heteroatoms. The predicted octanol–water partition coefficient (Wildman–Crippen LogP) is 1.35. The summed E-state index contributed by atoms with van der Waals surface area (Å²) >= 11 is 0. The van der Waals surface area contributed by atoms with Crippen LogP contribution >= 0.6 is 0 Å². The zero-order valence-corrected chi connectivity index (χ0v) is 12.8. The summed E-state index contributed by atoms with van der Waals surface area (Å²) in [5.41, 5.74) is 7.02. The van der Waals surface area contributed by atoms with E-state index in [9.17, 15) is 4.79 Å². The highest BCUT2D eigenvalue weighted by molar-refractivity contribution is 5.77. The van der Waals surface area contributed by atoms with E-state index >= 15 is 0 Å². The smallest absolute Gasteiger partial charge is 0.222 e. The van der Waals surface area contributed by atoms with Gasteiger partial charge in [0.15, 0.2) is 0 Å². The molecule has 1 amide bonds. The maximum Gasteiger partial charge on any atom is 0.222 e. The van der Waals surface area contributed by atoms with Crippen molar-refractivity contribution in [3.8, 4) is 0 Å². The summed E-state index contributed by atoms with van der Waals surface area (Å²) in [4.78, 5) is 20.2. The van der Waals surface area contributed by atoms with Gasteiger partial charge >= 0.3 is 0 Å². The van der Waals surface area contributed by atoms with Crippen LogP contribution in [-0.4, -0.2) is 47.4 Å². The molecule has 1 aromatic heterocycles. The summed E-state index contributed by atoms with van der Waals surface area (Å²) in [6.45, 7) is 1.75. The maximum absolute atomic E-state index is 11.8. The molecule has 1 aromatic rings. The number of likely N-dealkylation sites (tertiary alicyclic amines) is 1. The molecule has 1 saturated heterocycles. The molecular weight excluding hydrogens is 264 g/mol. The zero-order valence-electron chi connectivity index (χ0n) is 12.8. The standard InChI is InChI=1S/C16H24N4O/c1-19(9-11-4-3-5-18-16(11)17)14-6-12-8-15(21)20(2)10-13(12)7-14/h3-5,12-14H,6-10H2,1-2H3,(H2,17,18)/t12-,13+,14-/m0/s1. The van der Waals surface area contributed by atoms with E-state index in [1.165, 1.54) is 6.42 Å². The lowest BCUT2D eigenvalue weighted by Crippen LogP contribution is -2.39. The number of amides is 1. The van der Waals surface area contributed by atoms with Crippen LogP contribution in [0.25, 0.3) is 0 Å². The van der Waals surface area contributed by atoms with Crippen molar-refractivity contribution in [2.24, 2.45) is 11.8 Å². The van der Waals surface area contributed by atoms with Crippen molar-refractivity contribution >= 4 is 11.7 Å². The van der Waals surface area contributed by atoms with Gasteiger partial charge < -0.3 is 10.6 Å². The SMILES string of the molecule is CN1C[C@H]2C[C@@H](N(C)Cc3cccnc3N)C[C@H]2CC1=O. The predicted molar refractivity (Wildman–Crippen MR) is 82.4 cm³/mol. The Morgan fingerprint density at radius 3 is 2.95 bits per heavy atom. The van der Waals surface area contributed by atoms with Crippen LogP contribution in [0.2, 0.25) is 0 Å². The summed E-state index contributed by atoms with van der Waals surface area (Å²) in [5, 5.41) is 0. The van der Waals surface area contributed by atoms with Crippen molar-refractivity contribution in [2.75, 3.05) is 26.4 Å². The molecule has 5 nitrogen and oxygen atoms in total. The third-order valence-electron chi connectivity index (χ3n) is 5.16. The molecule has 0 aromatic carbocycles. The van der Waals surface area contributed by atoms with E-state index in [0.29, 0.717) is 29.6 Å². The number of nitrogen functional groups attached to an aromatic ring is 1. The summed E-state index contributed by atoms with van der Waals surface area (Å²) in [6.07, 6.45) is 4.75. The average Bonchev–Trinajstić information content (AvgIpc) is 2.85. The maximum atomic E-state index is 11.8. The van der Waals surface area contributed by atoms with Gasteiger partial charge in [-0.05, 0) is 37.8 Å². The topological polar surface area (TPSA) is 62.5 Å². The number of carbonyl (C=O) groups excluding carboxylic acids is 1. The third-order valence-corrected chi connectivity index (χ3v) is 5.16. The number of pyridine rings is 1. The first-order chi connectivity index (χ1) is 10.0. The molecule has 2 heterocycles. The zero-order chi connectivity index (χ0) is 15.0. The second-order valence-electron chi connectivity index (χ2n) is 6.59. The summed E-state index contributed by atoms with van der Waals surface area (Å²) in [7, 11) is 4.08. The second-order valence-corrected chi connectivity index (χ2v) is 6.59. The van der Waals surface area contributed by atoms with Crippen LogP contribution in [-0.2, 0) is 11.3 Å². The molecule has 2 aliphatic rings. The van der Waals surface area contributed by atoms with Crippen LogP contribution in [0, 0.1) is 11.8 Å². The Kier molecular flexibility index (Phi) is 3.85. The number of piperidine rings is 1. The summed E-state index contributed by atoms with van der Waals surface area (Å²) in [6, 6.07) is 4.51. The van der Waals surface area contributed by atoms with Crippen LogP contribution in [0.3, 0.4) is 0 Å². The molecule has 0 unspecified atom stereocenters. The van der Waals surface area contributed by atoms with Gasteiger partial charge in [-0.15, -0.1) is 0 Å². The van der Waals surface area contributed by atoms with Gasteiger partial charge in [-0.3, -0.25) is 9.69 Å². The number of rotatable bonds is 3. The Balaban J connectivity index is 1.63. The fraction of sp³-hybridized carbons (Fsp3) is 0.625. The Labute approximate surface area is 126 Å². The monoisotopic (exact) mass is 288 g/mol. The van der Waals surface area contributed by atoms with Crippen LogP contribution < -0.4 is 5.73 Å². The number of hydrogen-bond acceptors (Lipinski definition) is 4. The summed E-state index contributed by atoms with van der Waals surface area (Å²) in [5.74, 6) is 2.14. The van der Waals surface area contributed by atoms with Crippen molar-refractivity contribution in [3.05, 3.63) is 23.9 Å². The highest BCUT2D eigenvalue weighted by Gasteiger charge is 2.41. The molecule has 3 atom stereocenters. The Bertz CT molecular complexity index is 533. The van der Waals surface area contributed by atoms with E-state index in [-0.39, 0.29) is 0 Å². The number of carbonyl (C=O) groups is 1. The molecule has 2 fully saturated rings. The lowest BCUT2D eigenvalue weighted by molar-refractivity contribution is -0.134. The first-order valence-electron chi connectivity index (χ1n) is 7.68. The number of hydrogen-bond donors (Lipinski definition) is 1. The number of aromatic nitrogens is 1. The van der Waals surface area contributed by atoms with Gasteiger partial charge in [0, 0.05) is 44.4 Å². The van der Waals surface area contributed by atoms with Gasteiger partial charge in [-0.25, -0.2) is 4.98 Å². The Morgan fingerprint density at radius 1 is 1.43 bits per heavy atom. The van der Waals surface area contributed by atoms with Crippen LogP contribution in [0.15, 0.2) is 18.3 Å². The van der Waals surface area contributed by atoms with Gasteiger partial charge in [0.05, 0.1) is 0 Å². The quantitative estimate of drug-likeness (QED) is 0.912. The highest BCUT2D eigenvalue weighted by atomic mass is 16.2. The normalized spacial score (nSPS) is 29.0. The fourth-order valence-corrected chi connectivity index (χ4v) is 3.83. The minimum Gasteiger partial charge on any atom is -0.383 e. The van der Waals surface area contributed by atoms with E-state index in [1.807, 2.05) is 24.1 Å². The van der Waals surface area contributed by atoms with Gasteiger partial charge in [0.25, 0.3) is 0 Å². The van der Waals surface area contributed by atoms with E-state index in [1.54, 1.807) is 6.20 Å². The first kappa shape index (κ1) is 14.3. The van der Waals surface area contributed by atoms with Crippen molar-refractivity contribution < 1.29 is 4.79 Å². The van der Waals surface area contributed by atoms with Crippen molar-refractivity contribution in [2.45, 2.75) is 31.8 Å². The molecule has 1 aliphatic carbocycles. The van der Waals surface area contributed by atoms with Gasteiger partial charge in [0.2, 0.25) is 5.91 Å². The van der Waals surface area contributed by atoms with Crippen molar-refractivity contribution in [3.63, 3.8) is 0 Å². The molecule has 1 aliphatic heterocycles. The first-order valence-corrected chi connectivity index (χ1v) is 7.68. The van der Waals surface area contributed by atoms with Crippen LogP contribution in [0.1, 0.15) is 24.8 Å². The molecule has 0 radical (unpaired) electrons. The molecule has 1 saturated carbocycles. The Morgan fingerprint density at radius 2 is 2.19 bits per heavy atom. The molecular formula is C16H24N4O. The Hall–Kier alpha value is -1.62. The number of fused-ring (bicyclic) bond motifs is 1. The molecule has 0 bridgehead atoms. The minimum absolute atomic E-state index is 0.302. The van der Waals surface area contributed by atoms with E-state index < -0.39 is 0 Å². The van der Waals surface area contributed by atoms with Gasteiger partial charge in [-0.1, -0.05) is 6.07 Å². The average molecular weight is 288 g/mol. The lowest BCUT2D eigenvalue weighted by atomic mass is 9.88.